The fraction of sp³-hybridized carbons (Fsp3) is 0.152. The molecule has 2 aromatic heterocycles. The van der Waals surface area contributed by atoms with Crippen molar-refractivity contribution in [1.29, 1.82) is 0 Å². The van der Waals surface area contributed by atoms with Gasteiger partial charge in [-0.2, -0.15) is 0 Å². The van der Waals surface area contributed by atoms with Gasteiger partial charge >= 0.3 is 0 Å². The average molecular weight is 917 g/mol. The quantitative estimate of drug-likeness (QED) is 0.170. The molecule has 336 valence electrons. The third kappa shape index (κ3) is 5.86. The van der Waals surface area contributed by atoms with Crippen LogP contribution in [0.1, 0.15) is 76.3 Å². The van der Waals surface area contributed by atoms with Crippen LogP contribution < -0.4 is 16.2 Å². The Morgan fingerprint density at radius 2 is 1.11 bits per heavy atom. The first-order valence-corrected chi connectivity index (χ1v) is 25.8. The molecule has 2 nitrogen and oxygen atoms in total. The summed E-state index contributed by atoms with van der Waals surface area (Å²) in [4.78, 5) is 1.31. The van der Waals surface area contributed by atoms with Gasteiger partial charge in [-0.05, 0) is 126 Å². The number of hydrogen-bond donors (Lipinski definition) is 1. The van der Waals surface area contributed by atoms with E-state index in [0.29, 0.717) is 0 Å². The molecular weight excluding hydrogens is 864 g/mol. The Hall–Kier alpha value is -7.40. The lowest BCUT2D eigenvalue weighted by Crippen LogP contribution is -2.37. The van der Waals surface area contributed by atoms with E-state index in [2.05, 4.69) is 240 Å². The molecular formula is C66H53BN2S. The summed E-state index contributed by atoms with van der Waals surface area (Å²) in [7, 11) is 0.820. The number of hydrogen-bond acceptors (Lipinski definition) is 2. The standard InChI is InChI=1S/C66H53BN2S/c1-64(2,3)40-26-28-41(29-27-40)68-56-35-53-46(42-22-14-16-24-51(42)65(53,4)5)32-48(56)44-30-31-45-49-33-47-43-23-15-17-25-52(43)66(6,7)54(47)36-57(49)69-58-34-50-59(37-55(58)67-61(44)62(45)69)70-63(39-20-12-9-13-21-39)60(50)38-18-10-8-11-19-38/h8-37,67-68H,1-7H3. The second-order valence-corrected chi connectivity index (χ2v) is 23.2. The van der Waals surface area contributed by atoms with Crippen molar-refractivity contribution in [2.24, 2.45) is 0 Å². The van der Waals surface area contributed by atoms with Gasteiger partial charge in [0.1, 0.15) is 0 Å². The molecule has 0 unspecified atom stereocenters. The molecule has 3 aliphatic rings. The molecule has 0 atom stereocenters. The number of nitrogens with zero attached hydrogens (tertiary/aromatic N) is 1. The van der Waals surface area contributed by atoms with Gasteiger partial charge in [-0.15, -0.1) is 11.3 Å². The lowest BCUT2D eigenvalue weighted by molar-refractivity contribution is 0.590. The second-order valence-electron chi connectivity index (χ2n) is 22.2. The number of rotatable bonds is 5. The highest BCUT2D eigenvalue weighted by atomic mass is 32.1. The molecule has 9 aromatic carbocycles. The average Bonchev–Trinajstić information content (AvgIpc) is 4.04. The van der Waals surface area contributed by atoms with E-state index in [1.165, 1.54) is 131 Å². The van der Waals surface area contributed by atoms with Crippen molar-refractivity contribution < 1.29 is 0 Å². The highest BCUT2D eigenvalue weighted by Crippen LogP contribution is 2.54. The largest absolute Gasteiger partial charge is 0.355 e. The van der Waals surface area contributed by atoms with Crippen molar-refractivity contribution in [3.63, 3.8) is 0 Å². The van der Waals surface area contributed by atoms with E-state index in [1.807, 2.05) is 11.3 Å². The summed E-state index contributed by atoms with van der Waals surface area (Å²) in [5, 5.41) is 7.95. The highest BCUT2D eigenvalue weighted by Gasteiger charge is 2.39. The summed E-state index contributed by atoms with van der Waals surface area (Å²) in [6, 6.07) is 69.3. The van der Waals surface area contributed by atoms with Crippen molar-refractivity contribution in [2.75, 3.05) is 5.32 Å². The third-order valence-electron chi connectivity index (χ3n) is 16.4. The number of benzene rings is 9. The first-order chi connectivity index (χ1) is 33.8. The van der Waals surface area contributed by atoms with Crippen molar-refractivity contribution in [3.05, 3.63) is 210 Å². The summed E-state index contributed by atoms with van der Waals surface area (Å²) in [5.74, 6) is 0. The lowest BCUT2D eigenvalue weighted by Gasteiger charge is -2.26. The SMILES string of the molecule is CC(C)(C)c1ccc(Nc2cc3c(cc2-c2ccc4c5cc6c(cc5n5c4c2Bc2cc4sc(-c7ccccc7)c(-c7ccccc7)c4cc2-5)C(C)(C)c2ccccc2-6)-c2ccccc2C3(C)C)cc1. The number of fused-ring (bicyclic) bond motifs is 12. The van der Waals surface area contributed by atoms with Gasteiger partial charge in [0.2, 0.25) is 0 Å². The maximum Gasteiger partial charge on any atom is 0.198 e. The van der Waals surface area contributed by atoms with Crippen LogP contribution >= 0.6 is 11.3 Å². The Morgan fingerprint density at radius 3 is 1.79 bits per heavy atom. The van der Waals surface area contributed by atoms with E-state index in [4.69, 9.17) is 0 Å². The topological polar surface area (TPSA) is 17.0 Å². The van der Waals surface area contributed by atoms with Gasteiger partial charge in [0.15, 0.2) is 7.28 Å². The van der Waals surface area contributed by atoms with Gasteiger partial charge < -0.3 is 9.88 Å². The van der Waals surface area contributed by atoms with Crippen molar-refractivity contribution >= 4 is 72.8 Å². The Kier molecular flexibility index (Phi) is 8.65. The predicted octanol–water partition coefficient (Wildman–Crippen LogP) is 16.4. The fourth-order valence-electron chi connectivity index (χ4n) is 12.7. The van der Waals surface area contributed by atoms with Crippen molar-refractivity contribution in [1.82, 2.24) is 4.57 Å². The van der Waals surface area contributed by atoms with Crippen LogP contribution in [-0.2, 0) is 16.2 Å². The monoisotopic (exact) mass is 916 g/mol. The summed E-state index contributed by atoms with van der Waals surface area (Å²) in [6.45, 7) is 16.4. The van der Waals surface area contributed by atoms with Crippen LogP contribution in [0.15, 0.2) is 182 Å². The van der Waals surface area contributed by atoms with E-state index in [0.717, 1.165) is 18.7 Å². The van der Waals surface area contributed by atoms with Gasteiger partial charge in [0.25, 0.3) is 0 Å². The van der Waals surface area contributed by atoms with E-state index in [9.17, 15) is 0 Å². The minimum absolute atomic E-state index is 0.0695. The Labute approximate surface area is 415 Å². The second kappa shape index (κ2) is 14.6. The molecule has 70 heavy (non-hydrogen) atoms. The van der Waals surface area contributed by atoms with Crippen molar-refractivity contribution in [3.8, 4) is 60.6 Å². The fourth-order valence-corrected chi connectivity index (χ4v) is 14.0. The van der Waals surface area contributed by atoms with Gasteiger partial charge in [-0.1, -0.05) is 187 Å². The summed E-state index contributed by atoms with van der Waals surface area (Å²) in [5.41, 5.74) is 27.2. The molecule has 0 amide bonds. The molecule has 11 aromatic rings. The van der Waals surface area contributed by atoms with Gasteiger partial charge in [0, 0.05) is 70.3 Å². The van der Waals surface area contributed by atoms with Crippen LogP contribution in [0.5, 0.6) is 0 Å². The van der Waals surface area contributed by atoms with Crippen LogP contribution in [0.4, 0.5) is 11.4 Å². The molecule has 0 radical (unpaired) electrons. The molecule has 1 aliphatic heterocycles. The maximum absolute atomic E-state index is 4.03. The minimum atomic E-state index is -0.142. The number of nitrogens with one attached hydrogen (secondary N) is 1. The van der Waals surface area contributed by atoms with Crippen LogP contribution in [0.25, 0.3) is 92.5 Å². The van der Waals surface area contributed by atoms with E-state index in [-0.39, 0.29) is 16.2 Å². The van der Waals surface area contributed by atoms with Gasteiger partial charge in [-0.3, -0.25) is 0 Å². The zero-order chi connectivity index (χ0) is 47.4. The first kappa shape index (κ1) is 41.6. The molecule has 2 aliphatic carbocycles. The Balaban J connectivity index is 1.07. The van der Waals surface area contributed by atoms with Crippen LogP contribution in [0.3, 0.4) is 0 Å². The first-order valence-electron chi connectivity index (χ1n) is 25.0. The lowest BCUT2D eigenvalue weighted by atomic mass is 9.59. The molecule has 0 saturated heterocycles. The Bertz CT molecular complexity index is 4010. The molecule has 4 heteroatoms. The third-order valence-corrected chi connectivity index (χ3v) is 17.6. The van der Waals surface area contributed by atoms with Crippen LogP contribution in [0.2, 0.25) is 0 Å². The molecule has 0 spiro atoms. The van der Waals surface area contributed by atoms with Gasteiger partial charge in [-0.25, -0.2) is 0 Å². The summed E-state index contributed by atoms with van der Waals surface area (Å²) in [6.07, 6.45) is 0. The highest BCUT2D eigenvalue weighted by molar-refractivity contribution is 7.23. The van der Waals surface area contributed by atoms with E-state index in [1.54, 1.807) is 0 Å². The molecule has 0 saturated carbocycles. The minimum Gasteiger partial charge on any atom is -0.355 e. The molecule has 14 rings (SSSR count). The number of aromatic nitrogens is 1. The molecule has 1 N–H and O–H groups in total. The summed E-state index contributed by atoms with van der Waals surface area (Å²) >= 11 is 1.93. The smallest absolute Gasteiger partial charge is 0.198 e. The Morgan fingerprint density at radius 1 is 0.500 bits per heavy atom. The van der Waals surface area contributed by atoms with E-state index >= 15 is 0 Å². The number of anilines is 2. The zero-order valence-corrected chi connectivity index (χ0v) is 41.7. The predicted molar refractivity (Wildman–Crippen MR) is 302 cm³/mol. The van der Waals surface area contributed by atoms with Crippen molar-refractivity contribution in [2.45, 2.75) is 64.7 Å². The zero-order valence-electron chi connectivity index (χ0n) is 40.9. The maximum atomic E-state index is 4.03. The molecule has 0 fully saturated rings. The molecule has 0 bridgehead atoms. The van der Waals surface area contributed by atoms with Crippen LogP contribution in [-0.4, -0.2) is 11.8 Å². The normalized spacial score (nSPS) is 14.6. The summed E-state index contributed by atoms with van der Waals surface area (Å²) < 4.78 is 3.99. The molecule has 3 heterocycles. The number of thiophene rings is 1. The van der Waals surface area contributed by atoms with Crippen LogP contribution in [0, 0.1) is 0 Å². The van der Waals surface area contributed by atoms with E-state index < -0.39 is 0 Å². The van der Waals surface area contributed by atoms with Gasteiger partial charge in [0.05, 0.1) is 5.52 Å².